The fourth-order valence-corrected chi connectivity index (χ4v) is 1.70. The molecule has 1 amide bonds. The fraction of sp³-hybridized carbons (Fsp3) is 0.800. The first-order valence-corrected chi connectivity index (χ1v) is 5.44. The summed E-state index contributed by atoms with van der Waals surface area (Å²) in [6, 6.07) is 0. The summed E-state index contributed by atoms with van der Waals surface area (Å²) in [5.41, 5.74) is 0. The third kappa shape index (κ3) is 4.91. The van der Waals surface area contributed by atoms with E-state index in [1.807, 2.05) is 0 Å². The number of halogens is 3. The lowest BCUT2D eigenvalue weighted by Crippen LogP contribution is -2.44. The Morgan fingerprint density at radius 2 is 2.17 bits per heavy atom. The van der Waals surface area contributed by atoms with Crippen LogP contribution >= 0.6 is 0 Å². The van der Waals surface area contributed by atoms with Crippen LogP contribution in [-0.2, 0) is 14.3 Å². The molecule has 0 bridgehead atoms. The Bertz CT molecular complexity index is 319. The summed E-state index contributed by atoms with van der Waals surface area (Å²) >= 11 is 0. The summed E-state index contributed by atoms with van der Waals surface area (Å²) in [5.74, 6) is -1.89. The molecular formula is C10H14F3NO4. The average Bonchev–Trinajstić information content (AvgIpc) is 2.24. The number of piperidine rings is 1. The van der Waals surface area contributed by atoms with E-state index in [1.54, 1.807) is 0 Å². The molecule has 8 heteroatoms. The van der Waals surface area contributed by atoms with Crippen LogP contribution in [0.4, 0.5) is 13.2 Å². The molecule has 1 aliphatic heterocycles. The lowest BCUT2D eigenvalue weighted by molar-refractivity contribution is -0.175. The van der Waals surface area contributed by atoms with Gasteiger partial charge in [-0.3, -0.25) is 9.59 Å². The second-order valence-corrected chi connectivity index (χ2v) is 4.08. The standard InChI is InChI=1S/C10H14F3NO4/c11-10(12,13)6-18-4-3-14-5-7(9(16)17)1-2-8(14)15/h7H,1-6H2,(H,16,17). The van der Waals surface area contributed by atoms with Crippen molar-refractivity contribution < 1.29 is 32.6 Å². The van der Waals surface area contributed by atoms with Gasteiger partial charge in [0.25, 0.3) is 0 Å². The van der Waals surface area contributed by atoms with Crippen LogP contribution in [-0.4, -0.2) is 54.4 Å². The van der Waals surface area contributed by atoms with Crippen LogP contribution in [0.5, 0.6) is 0 Å². The van der Waals surface area contributed by atoms with Gasteiger partial charge in [0.05, 0.1) is 12.5 Å². The quantitative estimate of drug-likeness (QED) is 0.753. The monoisotopic (exact) mass is 269 g/mol. The lowest BCUT2D eigenvalue weighted by Gasteiger charge is -2.30. The van der Waals surface area contributed by atoms with Crippen LogP contribution in [0.2, 0.25) is 0 Å². The van der Waals surface area contributed by atoms with Crippen molar-refractivity contribution in [2.45, 2.75) is 19.0 Å². The summed E-state index contributed by atoms with van der Waals surface area (Å²) in [6.07, 6.45) is -4.01. The fourth-order valence-electron chi connectivity index (χ4n) is 1.70. The molecule has 5 nitrogen and oxygen atoms in total. The van der Waals surface area contributed by atoms with Gasteiger partial charge in [-0.1, -0.05) is 0 Å². The Hall–Kier alpha value is -1.31. The summed E-state index contributed by atoms with van der Waals surface area (Å²) in [5, 5.41) is 8.80. The van der Waals surface area contributed by atoms with Crippen LogP contribution in [0.3, 0.4) is 0 Å². The Kier molecular flexibility index (Phi) is 4.94. The SMILES string of the molecule is O=C(O)C1CCC(=O)N(CCOCC(F)(F)F)C1. The Balaban J connectivity index is 2.31. The van der Waals surface area contributed by atoms with Gasteiger partial charge in [0.2, 0.25) is 5.91 Å². The molecule has 0 saturated carbocycles. The van der Waals surface area contributed by atoms with E-state index >= 15 is 0 Å². The number of likely N-dealkylation sites (tertiary alicyclic amines) is 1. The first-order valence-electron chi connectivity index (χ1n) is 5.44. The second-order valence-electron chi connectivity index (χ2n) is 4.08. The number of carboxylic acid groups (broad SMARTS) is 1. The van der Waals surface area contributed by atoms with Gasteiger partial charge in [0.1, 0.15) is 6.61 Å². The molecule has 1 unspecified atom stereocenters. The summed E-state index contributed by atoms with van der Waals surface area (Å²) < 4.78 is 39.7. The molecule has 1 atom stereocenters. The number of carbonyl (C=O) groups is 2. The molecule has 1 aliphatic rings. The van der Waals surface area contributed by atoms with E-state index in [4.69, 9.17) is 5.11 Å². The molecule has 1 rings (SSSR count). The highest BCUT2D eigenvalue weighted by molar-refractivity contribution is 5.80. The van der Waals surface area contributed by atoms with Crippen molar-refractivity contribution in [1.29, 1.82) is 0 Å². The number of carbonyl (C=O) groups excluding carboxylic acids is 1. The molecule has 0 aromatic heterocycles. The molecule has 0 aromatic carbocycles. The largest absolute Gasteiger partial charge is 0.481 e. The number of ether oxygens (including phenoxy) is 1. The van der Waals surface area contributed by atoms with Gasteiger partial charge in [0.15, 0.2) is 0 Å². The number of amides is 1. The van der Waals surface area contributed by atoms with E-state index in [2.05, 4.69) is 4.74 Å². The normalized spacial score (nSPS) is 21.2. The molecule has 0 aliphatic carbocycles. The lowest BCUT2D eigenvalue weighted by atomic mass is 9.98. The van der Waals surface area contributed by atoms with E-state index in [-0.39, 0.29) is 38.4 Å². The maximum Gasteiger partial charge on any atom is 0.411 e. The number of hydrogen-bond donors (Lipinski definition) is 1. The molecule has 1 heterocycles. The van der Waals surface area contributed by atoms with Gasteiger partial charge in [0, 0.05) is 19.5 Å². The summed E-state index contributed by atoms with van der Waals surface area (Å²) in [6.45, 7) is -1.60. The average molecular weight is 269 g/mol. The van der Waals surface area contributed by atoms with Crippen LogP contribution in [0.25, 0.3) is 0 Å². The summed E-state index contributed by atoms with van der Waals surface area (Å²) in [7, 11) is 0. The van der Waals surface area contributed by atoms with Gasteiger partial charge in [-0.2, -0.15) is 13.2 Å². The molecule has 104 valence electrons. The summed E-state index contributed by atoms with van der Waals surface area (Å²) in [4.78, 5) is 23.4. The second kappa shape index (κ2) is 6.03. The maximum atomic E-state index is 11.8. The molecular weight excluding hydrogens is 255 g/mol. The molecule has 1 N–H and O–H groups in total. The zero-order valence-electron chi connectivity index (χ0n) is 9.57. The molecule has 0 spiro atoms. The minimum absolute atomic E-state index is 0.0152. The van der Waals surface area contributed by atoms with E-state index in [1.165, 1.54) is 4.90 Å². The maximum absolute atomic E-state index is 11.8. The van der Waals surface area contributed by atoms with Gasteiger partial charge in [-0.05, 0) is 6.42 Å². The Morgan fingerprint density at radius 3 is 2.72 bits per heavy atom. The minimum Gasteiger partial charge on any atom is -0.481 e. The third-order valence-electron chi connectivity index (χ3n) is 2.62. The van der Waals surface area contributed by atoms with E-state index < -0.39 is 24.7 Å². The van der Waals surface area contributed by atoms with Crippen molar-refractivity contribution in [2.75, 3.05) is 26.3 Å². The number of aliphatic carboxylic acids is 1. The Morgan fingerprint density at radius 1 is 1.50 bits per heavy atom. The predicted octanol–water partition coefficient (Wildman–Crippen LogP) is 0.889. The van der Waals surface area contributed by atoms with Crippen LogP contribution in [0, 0.1) is 5.92 Å². The molecule has 18 heavy (non-hydrogen) atoms. The molecule has 0 aromatic rings. The van der Waals surface area contributed by atoms with Crippen LogP contribution in [0.1, 0.15) is 12.8 Å². The number of carboxylic acids is 1. The van der Waals surface area contributed by atoms with Gasteiger partial charge >= 0.3 is 12.1 Å². The van der Waals surface area contributed by atoms with Crippen LogP contribution < -0.4 is 0 Å². The molecule has 1 fully saturated rings. The highest BCUT2D eigenvalue weighted by Gasteiger charge is 2.30. The van der Waals surface area contributed by atoms with Crippen molar-refractivity contribution in [1.82, 2.24) is 4.90 Å². The van der Waals surface area contributed by atoms with Gasteiger partial charge in [-0.25, -0.2) is 0 Å². The smallest absolute Gasteiger partial charge is 0.411 e. The van der Waals surface area contributed by atoms with Crippen molar-refractivity contribution >= 4 is 11.9 Å². The zero-order chi connectivity index (χ0) is 13.8. The number of hydrogen-bond acceptors (Lipinski definition) is 3. The van der Waals surface area contributed by atoms with Crippen LogP contribution in [0.15, 0.2) is 0 Å². The molecule has 1 saturated heterocycles. The third-order valence-corrected chi connectivity index (χ3v) is 2.62. The Labute approximate surface area is 102 Å². The van der Waals surface area contributed by atoms with E-state index in [0.29, 0.717) is 0 Å². The van der Waals surface area contributed by atoms with Crippen molar-refractivity contribution in [3.63, 3.8) is 0 Å². The first-order chi connectivity index (χ1) is 8.29. The highest BCUT2D eigenvalue weighted by atomic mass is 19.4. The topological polar surface area (TPSA) is 66.8 Å². The zero-order valence-corrected chi connectivity index (χ0v) is 9.57. The van der Waals surface area contributed by atoms with Crippen molar-refractivity contribution in [2.24, 2.45) is 5.92 Å². The number of rotatable bonds is 5. The molecule has 0 radical (unpaired) electrons. The predicted molar refractivity (Wildman–Crippen MR) is 53.8 cm³/mol. The van der Waals surface area contributed by atoms with E-state index in [0.717, 1.165) is 0 Å². The van der Waals surface area contributed by atoms with Crippen molar-refractivity contribution in [3.8, 4) is 0 Å². The van der Waals surface area contributed by atoms with E-state index in [9.17, 15) is 22.8 Å². The van der Waals surface area contributed by atoms with Gasteiger partial charge in [-0.15, -0.1) is 0 Å². The minimum atomic E-state index is -4.39. The first kappa shape index (κ1) is 14.7. The number of nitrogens with zero attached hydrogens (tertiary/aromatic N) is 1. The number of alkyl halides is 3. The highest BCUT2D eigenvalue weighted by Crippen LogP contribution is 2.18. The van der Waals surface area contributed by atoms with Crippen molar-refractivity contribution in [3.05, 3.63) is 0 Å². The van der Waals surface area contributed by atoms with Gasteiger partial charge < -0.3 is 14.7 Å².